The smallest absolute Gasteiger partial charge is 0.331 e. The van der Waals surface area contributed by atoms with Crippen LogP contribution in [-0.4, -0.2) is 21.6 Å². The van der Waals surface area contributed by atoms with Gasteiger partial charge in [-0.05, 0) is 30.4 Å². The Balaban J connectivity index is 1.64. The zero-order chi connectivity index (χ0) is 17.1. The fourth-order valence-electron chi connectivity index (χ4n) is 3.25. The molecule has 0 spiro atoms. The van der Waals surface area contributed by atoms with Crippen LogP contribution in [0.5, 0.6) is 0 Å². The lowest BCUT2D eigenvalue weighted by Crippen LogP contribution is -2.41. The molecule has 0 aliphatic heterocycles. The van der Waals surface area contributed by atoms with Gasteiger partial charge in [-0.3, -0.25) is 18.7 Å². The number of hydrogen-bond donors (Lipinski definition) is 1. The van der Waals surface area contributed by atoms with Crippen LogP contribution in [0.3, 0.4) is 0 Å². The second kappa shape index (κ2) is 6.86. The van der Waals surface area contributed by atoms with Crippen molar-refractivity contribution in [1.82, 2.24) is 14.5 Å². The van der Waals surface area contributed by atoms with E-state index >= 15 is 0 Å². The summed E-state index contributed by atoms with van der Waals surface area (Å²) in [7, 11) is 1.40. The fourth-order valence-corrected chi connectivity index (χ4v) is 3.25. The van der Waals surface area contributed by atoms with Crippen molar-refractivity contribution < 1.29 is 4.79 Å². The van der Waals surface area contributed by atoms with E-state index in [2.05, 4.69) is 17.4 Å². The van der Waals surface area contributed by atoms with E-state index in [9.17, 15) is 14.4 Å². The van der Waals surface area contributed by atoms with Crippen LogP contribution in [-0.2, 0) is 24.8 Å². The number of hydrogen-bond acceptors (Lipinski definition) is 3. The summed E-state index contributed by atoms with van der Waals surface area (Å²) in [6, 6.07) is 9.64. The van der Waals surface area contributed by atoms with Crippen molar-refractivity contribution in [2.24, 2.45) is 7.05 Å². The third-order valence-corrected chi connectivity index (χ3v) is 4.61. The van der Waals surface area contributed by atoms with E-state index in [1.165, 1.54) is 35.0 Å². The minimum atomic E-state index is -0.485. The Bertz CT molecular complexity index is 866. The summed E-state index contributed by atoms with van der Waals surface area (Å²) in [6.07, 6.45) is 4.63. The largest absolute Gasteiger partial charge is 0.354 e. The SMILES string of the molecule is Cn1c(=O)ccn(CC(=O)NC[C@H]2CCCc3ccccc32)c1=O. The number of aryl methyl sites for hydroxylation is 1. The summed E-state index contributed by atoms with van der Waals surface area (Å²) in [5, 5.41) is 2.92. The fraction of sp³-hybridized carbons (Fsp3) is 0.389. The number of carbonyl (C=O) groups excluding carboxylic acids is 1. The molecule has 1 aromatic heterocycles. The van der Waals surface area contributed by atoms with Gasteiger partial charge in [0.25, 0.3) is 5.56 Å². The molecule has 3 rings (SSSR count). The second-order valence-corrected chi connectivity index (χ2v) is 6.22. The summed E-state index contributed by atoms with van der Waals surface area (Å²) in [4.78, 5) is 35.5. The van der Waals surface area contributed by atoms with Crippen molar-refractivity contribution in [3.63, 3.8) is 0 Å². The summed E-state index contributed by atoms with van der Waals surface area (Å²) >= 11 is 0. The Labute approximate surface area is 139 Å². The quantitative estimate of drug-likeness (QED) is 0.902. The second-order valence-electron chi connectivity index (χ2n) is 6.22. The predicted octanol–water partition coefficient (Wildman–Crippen LogP) is 0.783. The maximum absolute atomic E-state index is 12.2. The molecule has 2 aromatic rings. The third-order valence-electron chi connectivity index (χ3n) is 4.61. The van der Waals surface area contributed by atoms with Crippen LogP contribution in [0.15, 0.2) is 46.1 Å². The van der Waals surface area contributed by atoms with Gasteiger partial charge in [0.2, 0.25) is 5.91 Å². The zero-order valence-corrected chi connectivity index (χ0v) is 13.7. The van der Waals surface area contributed by atoms with Crippen LogP contribution >= 0.6 is 0 Å². The predicted molar refractivity (Wildman–Crippen MR) is 91.1 cm³/mol. The van der Waals surface area contributed by atoms with E-state index in [1.54, 1.807) is 0 Å². The maximum atomic E-state index is 12.2. The molecule has 1 heterocycles. The Morgan fingerprint density at radius 3 is 2.88 bits per heavy atom. The van der Waals surface area contributed by atoms with Gasteiger partial charge < -0.3 is 5.32 Å². The lowest BCUT2D eigenvalue weighted by molar-refractivity contribution is -0.121. The topological polar surface area (TPSA) is 73.1 Å². The highest BCUT2D eigenvalue weighted by molar-refractivity contribution is 5.75. The molecule has 1 atom stereocenters. The van der Waals surface area contributed by atoms with E-state index < -0.39 is 5.69 Å². The summed E-state index contributed by atoms with van der Waals surface area (Å²) in [5.74, 6) is 0.0922. The molecule has 0 unspecified atom stereocenters. The van der Waals surface area contributed by atoms with E-state index in [0.29, 0.717) is 12.5 Å². The first-order valence-electron chi connectivity index (χ1n) is 8.17. The van der Waals surface area contributed by atoms with Gasteiger partial charge in [-0.2, -0.15) is 0 Å². The summed E-state index contributed by atoms with van der Waals surface area (Å²) in [6.45, 7) is 0.484. The molecule has 0 bridgehead atoms. The van der Waals surface area contributed by atoms with Crippen LogP contribution in [0, 0.1) is 0 Å². The number of rotatable bonds is 4. The highest BCUT2D eigenvalue weighted by atomic mass is 16.2. The highest BCUT2D eigenvalue weighted by Crippen LogP contribution is 2.30. The molecule has 6 heteroatoms. The van der Waals surface area contributed by atoms with Crippen molar-refractivity contribution in [1.29, 1.82) is 0 Å². The van der Waals surface area contributed by atoms with E-state index in [-0.39, 0.29) is 18.0 Å². The number of fused-ring (bicyclic) bond motifs is 1. The van der Waals surface area contributed by atoms with Gasteiger partial charge in [-0.15, -0.1) is 0 Å². The van der Waals surface area contributed by atoms with Gasteiger partial charge in [0, 0.05) is 31.8 Å². The van der Waals surface area contributed by atoms with Gasteiger partial charge >= 0.3 is 5.69 Å². The molecule has 1 amide bonds. The van der Waals surface area contributed by atoms with Crippen LogP contribution < -0.4 is 16.6 Å². The Morgan fingerprint density at radius 2 is 2.04 bits per heavy atom. The van der Waals surface area contributed by atoms with E-state index in [1.807, 2.05) is 12.1 Å². The summed E-state index contributed by atoms with van der Waals surface area (Å²) in [5.41, 5.74) is 1.80. The van der Waals surface area contributed by atoms with Gasteiger partial charge in [-0.1, -0.05) is 24.3 Å². The normalized spacial score (nSPS) is 16.5. The number of nitrogens with zero attached hydrogens (tertiary/aromatic N) is 2. The minimum Gasteiger partial charge on any atom is -0.354 e. The average molecular weight is 327 g/mol. The number of amides is 1. The van der Waals surface area contributed by atoms with Crippen LogP contribution in [0.4, 0.5) is 0 Å². The standard InChI is InChI=1S/C18H21N3O3/c1-20-17(23)9-10-21(18(20)24)12-16(22)19-11-14-7-4-6-13-5-2-3-8-15(13)14/h2-3,5,8-10,14H,4,6-7,11-12H2,1H3,(H,19,22)/t14-/m1/s1. The Hall–Kier alpha value is -2.63. The molecular formula is C18H21N3O3. The van der Waals surface area contributed by atoms with Crippen molar-refractivity contribution in [2.75, 3.05) is 6.54 Å². The van der Waals surface area contributed by atoms with E-state index in [4.69, 9.17) is 0 Å². The first kappa shape index (κ1) is 16.2. The summed E-state index contributed by atoms with van der Waals surface area (Å²) < 4.78 is 2.23. The number of nitrogens with one attached hydrogen (secondary N) is 1. The van der Waals surface area contributed by atoms with Crippen LogP contribution in [0.2, 0.25) is 0 Å². The molecule has 1 N–H and O–H groups in total. The number of carbonyl (C=O) groups is 1. The molecule has 0 saturated carbocycles. The van der Waals surface area contributed by atoms with Crippen LogP contribution in [0.25, 0.3) is 0 Å². The average Bonchev–Trinajstić information content (AvgIpc) is 2.60. The molecule has 24 heavy (non-hydrogen) atoms. The first-order valence-corrected chi connectivity index (χ1v) is 8.17. The van der Waals surface area contributed by atoms with Crippen LogP contribution in [0.1, 0.15) is 29.9 Å². The Kier molecular flexibility index (Phi) is 4.64. The van der Waals surface area contributed by atoms with Crippen molar-refractivity contribution in [2.45, 2.75) is 31.7 Å². The lowest BCUT2D eigenvalue weighted by atomic mass is 9.83. The number of benzene rings is 1. The van der Waals surface area contributed by atoms with Crippen molar-refractivity contribution in [3.8, 4) is 0 Å². The number of aromatic nitrogens is 2. The molecule has 126 valence electrons. The maximum Gasteiger partial charge on any atom is 0.331 e. The molecule has 0 radical (unpaired) electrons. The molecule has 1 aliphatic rings. The van der Waals surface area contributed by atoms with Crippen molar-refractivity contribution in [3.05, 3.63) is 68.5 Å². The molecule has 0 fully saturated rings. The van der Waals surface area contributed by atoms with Crippen molar-refractivity contribution >= 4 is 5.91 Å². The molecule has 0 saturated heterocycles. The van der Waals surface area contributed by atoms with Gasteiger partial charge in [0.15, 0.2) is 0 Å². The zero-order valence-electron chi connectivity index (χ0n) is 13.7. The van der Waals surface area contributed by atoms with E-state index in [0.717, 1.165) is 23.8 Å². The first-order chi connectivity index (χ1) is 11.6. The molecular weight excluding hydrogens is 306 g/mol. The minimum absolute atomic E-state index is 0.0820. The third kappa shape index (κ3) is 3.32. The van der Waals surface area contributed by atoms with Gasteiger partial charge in [-0.25, -0.2) is 4.79 Å². The Morgan fingerprint density at radius 1 is 1.25 bits per heavy atom. The van der Waals surface area contributed by atoms with Gasteiger partial charge in [0.1, 0.15) is 6.54 Å². The lowest BCUT2D eigenvalue weighted by Gasteiger charge is -2.25. The molecule has 1 aliphatic carbocycles. The molecule has 6 nitrogen and oxygen atoms in total. The molecule has 1 aromatic carbocycles. The highest BCUT2D eigenvalue weighted by Gasteiger charge is 2.20. The monoisotopic (exact) mass is 327 g/mol. The van der Waals surface area contributed by atoms with Gasteiger partial charge in [0.05, 0.1) is 0 Å².